The predicted octanol–water partition coefficient (Wildman–Crippen LogP) is -1.61. The van der Waals surface area contributed by atoms with Crippen molar-refractivity contribution in [1.29, 1.82) is 0 Å². The molecule has 3 fully saturated rings. The number of nitrogens with zero attached hydrogens (tertiary/aromatic N) is 3. The normalized spacial score (nSPS) is 38.9. The molecule has 0 radical (unpaired) electrons. The zero-order chi connectivity index (χ0) is 12.2. The minimum Gasteiger partial charge on any atom is -0.310 e. The monoisotopic (exact) mass is 239 g/mol. The average molecular weight is 239 g/mol. The molecule has 0 aromatic heterocycles. The fraction of sp³-hybridized carbons (Fsp3) is 0.800. The summed E-state index contributed by atoms with van der Waals surface area (Å²) in [5.41, 5.74) is 0. The third-order valence-corrected chi connectivity index (χ3v) is 3.87. The molecule has 3 saturated heterocycles. The van der Waals surface area contributed by atoms with Crippen LogP contribution in [-0.2, 0) is 4.79 Å². The molecule has 2 N–H and O–H groups in total. The van der Waals surface area contributed by atoms with Crippen molar-refractivity contribution in [1.82, 2.24) is 25.3 Å². The molecule has 7 heteroatoms. The largest absolute Gasteiger partial charge is 0.325 e. The lowest BCUT2D eigenvalue weighted by molar-refractivity contribution is -0.129. The summed E-state index contributed by atoms with van der Waals surface area (Å²) in [6.45, 7) is 1.89. The van der Waals surface area contributed by atoms with Crippen LogP contribution in [0.4, 0.5) is 4.79 Å². The number of fused-ring (bicyclic) bond motifs is 3. The minimum absolute atomic E-state index is 0.0536. The molecule has 0 spiro atoms. The molecular weight excluding hydrogens is 222 g/mol. The van der Waals surface area contributed by atoms with E-state index in [4.69, 9.17) is 0 Å². The molecule has 7 nitrogen and oxygen atoms in total. The van der Waals surface area contributed by atoms with E-state index >= 15 is 0 Å². The van der Waals surface area contributed by atoms with E-state index in [0.717, 1.165) is 19.5 Å². The number of carbonyl (C=O) groups is 2. The summed E-state index contributed by atoms with van der Waals surface area (Å²) in [5, 5.41) is 5.75. The molecule has 3 unspecified atom stereocenters. The molecule has 3 aliphatic rings. The van der Waals surface area contributed by atoms with Gasteiger partial charge in [0.1, 0.15) is 18.5 Å². The lowest BCUT2D eigenvalue weighted by Gasteiger charge is -2.39. The van der Waals surface area contributed by atoms with E-state index in [1.165, 1.54) is 0 Å². The highest BCUT2D eigenvalue weighted by Gasteiger charge is 2.52. The van der Waals surface area contributed by atoms with Gasteiger partial charge in [-0.05, 0) is 13.5 Å². The van der Waals surface area contributed by atoms with E-state index in [2.05, 4.69) is 20.4 Å². The highest BCUT2D eigenvalue weighted by atomic mass is 16.2. The van der Waals surface area contributed by atoms with Gasteiger partial charge in [0.15, 0.2) is 0 Å². The van der Waals surface area contributed by atoms with Crippen molar-refractivity contribution < 1.29 is 9.59 Å². The number of nitrogens with one attached hydrogen (secondary N) is 2. The van der Waals surface area contributed by atoms with Gasteiger partial charge in [0.05, 0.1) is 0 Å². The van der Waals surface area contributed by atoms with Crippen LogP contribution in [0.15, 0.2) is 0 Å². The Hall–Kier alpha value is -1.18. The highest BCUT2D eigenvalue weighted by molar-refractivity contribution is 6.00. The predicted molar refractivity (Wildman–Crippen MR) is 59.8 cm³/mol. The molecule has 3 aliphatic heterocycles. The van der Waals surface area contributed by atoms with Gasteiger partial charge >= 0.3 is 6.03 Å². The van der Waals surface area contributed by atoms with Gasteiger partial charge in [0.2, 0.25) is 5.91 Å². The SMILES string of the molecule is CN1CCCN2C3C(=O)NC(=O)N(C)C3NC12. The lowest BCUT2D eigenvalue weighted by Crippen LogP contribution is -2.65. The number of hydrogen-bond acceptors (Lipinski definition) is 5. The van der Waals surface area contributed by atoms with Crippen molar-refractivity contribution >= 4 is 11.9 Å². The number of amides is 3. The Morgan fingerprint density at radius 1 is 1.24 bits per heavy atom. The van der Waals surface area contributed by atoms with Crippen LogP contribution in [0.5, 0.6) is 0 Å². The first-order chi connectivity index (χ1) is 8.09. The summed E-state index contributed by atoms with van der Waals surface area (Å²) < 4.78 is 0. The first-order valence-corrected chi connectivity index (χ1v) is 5.89. The van der Waals surface area contributed by atoms with Gasteiger partial charge in [-0.15, -0.1) is 0 Å². The molecule has 0 bridgehead atoms. The van der Waals surface area contributed by atoms with Crippen molar-refractivity contribution in [3.63, 3.8) is 0 Å². The highest BCUT2D eigenvalue weighted by Crippen LogP contribution is 2.26. The zero-order valence-electron chi connectivity index (χ0n) is 10.0. The maximum atomic E-state index is 11.9. The second-order valence-electron chi connectivity index (χ2n) is 4.91. The Morgan fingerprint density at radius 2 is 2.00 bits per heavy atom. The third-order valence-electron chi connectivity index (χ3n) is 3.87. The molecule has 3 amide bonds. The van der Waals surface area contributed by atoms with Crippen LogP contribution in [0, 0.1) is 0 Å². The number of likely N-dealkylation sites (N-methyl/N-ethyl adjacent to an activating group) is 1. The van der Waals surface area contributed by atoms with Crippen molar-refractivity contribution in [2.24, 2.45) is 0 Å². The molecule has 3 heterocycles. The van der Waals surface area contributed by atoms with Crippen LogP contribution in [0.1, 0.15) is 6.42 Å². The molecule has 0 aromatic carbocycles. The van der Waals surface area contributed by atoms with Crippen molar-refractivity contribution in [2.45, 2.75) is 24.9 Å². The number of hydrogen-bond donors (Lipinski definition) is 2. The van der Waals surface area contributed by atoms with Crippen LogP contribution < -0.4 is 10.6 Å². The quantitative estimate of drug-likeness (QED) is 0.532. The first-order valence-electron chi connectivity index (χ1n) is 5.89. The second-order valence-corrected chi connectivity index (χ2v) is 4.91. The average Bonchev–Trinajstić information content (AvgIpc) is 2.67. The van der Waals surface area contributed by atoms with E-state index in [1.807, 2.05) is 7.05 Å². The lowest BCUT2D eigenvalue weighted by atomic mass is 10.1. The fourth-order valence-corrected chi connectivity index (χ4v) is 2.95. The van der Waals surface area contributed by atoms with Gasteiger partial charge in [-0.25, -0.2) is 4.79 Å². The summed E-state index contributed by atoms with van der Waals surface area (Å²) in [7, 11) is 3.74. The smallest absolute Gasteiger partial charge is 0.310 e. The van der Waals surface area contributed by atoms with Crippen LogP contribution in [0.3, 0.4) is 0 Å². The summed E-state index contributed by atoms with van der Waals surface area (Å²) in [6, 6.07) is -0.600. The summed E-state index contributed by atoms with van der Waals surface area (Å²) in [5.74, 6) is -0.191. The first kappa shape index (κ1) is 10.9. The van der Waals surface area contributed by atoms with Gasteiger partial charge in [0.25, 0.3) is 0 Å². The van der Waals surface area contributed by atoms with E-state index in [9.17, 15) is 9.59 Å². The topological polar surface area (TPSA) is 67.9 Å². The number of rotatable bonds is 0. The van der Waals surface area contributed by atoms with E-state index < -0.39 is 0 Å². The molecule has 3 rings (SSSR count). The van der Waals surface area contributed by atoms with Crippen LogP contribution in [0.2, 0.25) is 0 Å². The summed E-state index contributed by atoms with van der Waals surface area (Å²) >= 11 is 0. The summed E-state index contributed by atoms with van der Waals surface area (Å²) in [6.07, 6.45) is 0.877. The zero-order valence-corrected chi connectivity index (χ0v) is 10.0. The Morgan fingerprint density at radius 3 is 2.76 bits per heavy atom. The Kier molecular flexibility index (Phi) is 2.35. The number of carbonyl (C=O) groups excluding carboxylic acids is 2. The molecule has 0 saturated carbocycles. The van der Waals surface area contributed by atoms with Crippen molar-refractivity contribution in [2.75, 3.05) is 27.2 Å². The van der Waals surface area contributed by atoms with Crippen LogP contribution in [0.25, 0.3) is 0 Å². The van der Waals surface area contributed by atoms with Gasteiger partial charge < -0.3 is 4.90 Å². The summed E-state index contributed by atoms with van der Waals surface area (Å²) in [4.78, 5) is 29.4. The maximum absolute atomic E-state index is 11.9. The molecule has 3 atom stereocenters. The van der Waals surface area contributed by atoms with E-state index in [-0.39, 0.29) is 30.4 Å². The maximum Gasteiger partial charge on any atom is 0.325 e. The van der Waals surface area contributed by atoms with E-state index in [0.29, 0.717) is 0 Å². The van der Waals surface area contributed by atoms with Gasteiger partial charge in [-0.3, -0.25) is 25.2 Å². The fourth-order valence-electron chi connectivity index (χ4n) is 2.95. The van der Waals surface area contributed by atoms with E-state index in [1.54, 1.807) is 11.9 Å². The van der Waals surface area contributed by atoms with Crippen molar-refractivity contribution in [3.05, 3.63) is 0 Å². The Balaban J connectivity index is 1.91. The standard InChI is InChI=1S/C10H17N5O2/c1-13-4-3-5-15-6-7(11-9(13)15)14(2)10(17)12-8(6)16/h6-7,9,11H,3-5H2,1-2H3,(H,12,16,17). The Labute approximate surface area is 99.7 Å². The molecule has 0 aliphatic carbocycles. The van der Waals surface area contributed by atoms with Gasteiger partial charge in [0, 0.05) is 20.1 Å². The third kappa shape index (κ3) is 1.46. The minimum atomic E-state index is -0.328. The molecule has 0 aromatic rings. The van der Waals surface area contributed by atoms with Gasteiger partial charge in [-0.1, -0.05) is 0 Å². The van der Waals surface area contributed by atoms with Crippen molar-refractivity contribution in [3.8, 4) is 0 Å². The van der Waals surface area contributed by atoms with Gasteiger partial charge in [-0.2, -0.15) is 0 Å². The molecule has 94 valence electrons. The van der Waals surface area contributed by atoms with Crippen LogP contribution in [-0.4, -0.2) is 72.3 Å². The molecule has 17 heavy (non-hydrogen) atoms. The van der Waals surface area contributed by atoms with Crippen LogP contribution >= 0.6 is 0 Å². The number of urea groups is 1. The Bertz CT molecular complexity index is 374. The molecular formula is C10H17N5O2. The number of imide groups is 1. The second kappa shape index (κ2) is 3.66.